The van der Waals surface area contributed by atoms with E-state index in [0.29, 0.717) is 28.2 Å². The number of hydrogen-bond acceptors (Lipinski definition) is 6. The Hall–Kier alpha value is -3.91. The number of methoxy groups -OCH3 is 1. The summed E-state index contributed by atoms with van der Waals surface area (Å²) in [7, 11) is 1.26. The average Bonchev–Trinajstić information content (AvgIpc) is 3.24. The van der Waals surface area contributed by atoms with Crippen LogP contribution in [0.3, 0.4) is 0 Å². The van der Waals surface area contributed by atoms with Crippen LogP contribution in [0.25, 0.3) is 0 Å². The molecule has 0 aromatic heterocycles. The monoisotopic (exact) mass is 729 g/mol. The van der Waals surface area contributed by atoms with Gasteiger partial charge in [0.1, 0.15) is 0 Å². The molecule has 0 unspecified atom stereocenters. The van der Waals surface area contributed by atoms with Gasteiger partial charge in [-0.1, -0.05) is 23.3 Å². The van der Waals surface area contributed by atoms with E-state index in [1.807, 2.05) is 0 Å². The van der Waals surface area contributed by atoms with Crippen molar-refractivity contribution in [1.82, 2.24) is 0 Å². The molecule has 15 heteroatoms. The van der Waals surface area contributed by atoms with Gasteiger partial charge in [-0.25, -0.2) is 4.90 Å². The highest BCUT2D eigenvalue weighted by Gasteiger charge is 2.57. The van der Waals surface area contributed by atoms with Crippen LogP contribution >= 0.6 is 27.5 Å². The van der Waals surface area contributed by atoms with E-state index in [1.54, 1.807) is 6.08 Å². The summed E-state index contributed by atoms with van der Waals surface area (Å²) >= 11 is 9.34. The van der Waals surface area contributed by atoms with Crippen molar-refractivity contribution in [1.29, 1.82) is 0 Å². The fourth-order valence-corrected chi connectivity index (χ4v) is 7.49. The lowest BCUT2D eigenvalue weighted by Gasteiger charge is -2.42. The number of ether oxygens (including phenoxy) is 1. The van der Waals surface area contributed by atoms with Gasteiger partial charge in [-0.2, -0.15) is 26.3 Å². The summed E-state index contributed by atoms with van der Waals surface area (Å²) in [4.78, 5) is 54.7. The third-order valence-electron chi connectivity index (χ3n) is 8.77. The molecule has 1 fully saturated rings. The lowest BCUT2D eigenvalue weighted by molar-refractivity contribution is -0.143. The number of aromatic hydroxyl groups is 1. The van der Waals surface area contributed by atoms with Crippen molar-refractivity contribution in [3.05, 3.63) is 85.4 Å². The lowest BCUT2D eigenvalue weighted by atomic mass is 9.59. The third-order valence-corrected chi connectivity index (χ3v) is 9.64. The molecule has 1 N–H and O–H groups in total. The Morgan fingerprint density at radius 2 is 1.57 bits per heavy atom. The van der Waals surface area contributed by atoms with Gasteiger partial charge in [-0.05, 0) is 70.6 Å². The highest BCUT2D eigenvalue weighted by Crippen LogP contribution is 2.57. The minimum Gasteiger partial charge on any atom is -0.503 e. The number of allylic oxidation sites excluding steroid dienone is 6. The molecule has 0 saturated carbocycles. The van der Waals surface area contributed by atoms with Crippen LogP contribution < -0.4 is 9.64 Å². The molecule has 4 atom stereocenters. The standard InChI is InChI=1S/C31H19BrClF6NO6/c1-46-22-5-11(4-20(33)27(22)43)23-15-2-3-16-24(17(15)9-18-25(23)21(41)10-19(32)26(18)42)29(45)40(28(16)44)14-7-12(30(34,35)36)6-13(8-14)31(37,38)39/h2,4-8,10,16-17,23-24,43H,3,9H2,1H3/t16-,17+,23-,24-/m0/s1. The van der Waals surface area contributed by atoms with E-state index in [0.717, 1.165) is 6.08 Å². The molecule has 0 bridgehead atoms. The number of phenols is 1. The van der Waals surface area contributed by atoms with Crippen molar-refractivity contribution < 1.29 is 55.4 Å². The summed E-state index contributed by atoms with van der Waals surface area (Å²) in [5, 5.41) is 10.2. The number of imide groups is 1. The molecule has 0 radical (unpaired) electrons. The van der Waals surface area contributed by atoms with Crippen LogP contribution in [-0.4, -0.2) is 35.6 Å². The smallest absolute Gasteiger partial charge is 0.416 e. The first-order chi connectivity index (χ1) is 21.4. The van der Waals surface area contributed by atoms with E-state index in [1.165, 1.54) is 19.2 Å². The molecule has 46 heavy (non-hydrogen) atoms. The van der Waals surface area contributed by atoms with E-state index in [-0.39, 0.29) is 45.3 Å². The zero-order valence-electron chi connectivity index (χ0n) is 23.2. The van der Waals surface area contributed by atoms with Gasteiger partial charge in [-0.15, -0.1) is 0 Å². The quantitative estimate of drug-likeness (QED) is 0.157. The Balaban J connectivity index is 1.50. The second-order valence-corrected chi connectivity index (χ2v) is 12.5. The minimum atomic E-state index is -5.22. The number of anilines is 1. The predicted octanol–water partition coefficient (Wildman–Crippen LogP) is 7.06. The molecule has 1 heterocycles. The number of ketones is 2. The molecule has 4 aliphatic rings. The van der Waals surface area contributed by atoms with Crippen LogP contribution in [0.4, 0.5) is 32.0 Å². The normalized spacial score (nSPS) is 24.8. The van der Waals surface area contributed by atoms with Gasteiger partial charge >= 0.3 is 12.4 Å². The maximum absolute atomic E-state index is 14.0. The third kappa shape index (κ3) is 4.96. The van der Waals surface area contributed by atoms with Gasteiger partial charge in [-0.3, -0.25) is 19.2 Å². The van der Waals surface area contributed by atoms with E-state index in [9.17, 15) is 50.6 Å². The highest BCUT2D eigenvalue weighted by atomic mass is 79.9. The first kappa shape index (κ1) is 32.0. The molecule has 2 aromatic carbocycles. The van der Waals surface area contributed by atoms with Crippen molar-refractivity contribution in [2.75, 3.05) is 12.0 Å². The molecule has 240 valence electrons. The molecule has 3 aliphatic carbocycles. The maximum atomic E-state index is 14.0. The minimum absolute atomic E-state index is 0.0208. The summed E-state index contributed by atoms with van der Waals surface area (Å²) in [5.41, 5.74) is -3.45. The zero-order valence-corrected chi connectivity index (χ0v) is 25.6. The molecular formula is C31H19BrClF6NO6. The van der Waals surface area contributed by atoms with E-state index in [2.05, 4.69) is 15.9 Å². The van der Waals surface area contributed by atoms with E-state index >= 15 is 0 Å². The number of halogens is 8. The number of alkyl halides is 6. The Morgan fingerprint density at radius 3 is 2.15 bits per heavy atom. The molecular weight excluding hydrogens is 712 g/mol. The predicted molar refractivity (Wildman–Crippen MR) is 153 cm³/mol. The van der Waals surface area contributed by atoms with Gasteiger partial charge in [0.15, 0.2) is 23.1 Å². The molecule has 7 nitrogen and oxygen atoms in total. The van der Waals surface area contributed by atoms with Gasteiger partial charge in [0.2, 0.25) is 11.8 Å². The van der Waals surface area contributed by atoms with Gasteiger partial charge < -0.3 is 9.84 Å². The molecule has 1 saturated heterocycles. The number of carbonyl (C=O) groups is 4. The fraction of sp³-hybridized carbons (Fsp3) is 0.290. The molecule has 1 aliphatic heterocycles. The Bertz CT molecular complexity index is 1830. The maximum Gasteiger partial charge on any atom is 0.416 e. The van der Waals surface area contributed by atoms with Crippen molar-refractivity contribution in [3.63, 3.8) is 0 Å². The zero-order chi connectivity index (χ0) is 33.6. The van der Waals surface area contributed by atoms with Crippen LogP contribution in [0.15, 0.2) is 63.7 Å². The Morgan fingerprint density at radius 1 is 0.935 bits per heavy atom. The van der Waals surface area contributed by atoms with Gasteiger partial charge in [0, 0.05) is 23.1 Å². The van der Waals surface area contributed by atoms with Crippen LogP contribution in [0.1, 0.15) is 35.4 Å². The summed E-state index contributed by atoms with van der Waals surface area (Å²) in [6.07, 6.45) is -8.09. The van der Waals surface area contributed by atoms with E-state index in [4.69, 9.17) is 16.3 Å². The largest absolute Gasteiger partial charge is 0.503 e. The topological polar surface area (TPSA) is 101 Å². The number of phenolic OH excluding ortho intramolecular Hbond substituents is 1. The van der Waals surface area contributed by atoms with Gasteiger partial charge in [0.25, 0.3) is 0 Å². The summed E-state index contributed by atoms with van der Waals surface area (Å²) < 4.78 is 87.0. The van der Waals surface area contributed by atoms with Crippen molar-refractivity contribution in [2.45, 2.75) is 31.1 Å². The van der Waals surface area contributed by atoms with Crippen LogP contribution in [-0.2, 0) is 31.5 Å². The van der Waals surface area contributed by atoms with Crippen molar-refractivity contribution in [2.24, 2.45) is 17.8 Å². The number of fused-ring (bicyclic) bond motifs is 3. The molecule has 2 amide bonds. The summed E-state index contributed by atoms with van der Waals surface area (Å²) in [5.74, 6) is -8.00. The number of carbonyl (C=O) groups excluding carboxylic acids is 4. The number of rotatable bonds is 3. The Labute approximate surface area is 269 Å². The number of nitrogens with zero attached hydrogens (tertiary/aromatic N) is 1. The van der Waals surface area contributed by atoms with Gasteiger partial charge in [0.05, 0.1) is 45.3 Å². The van der Waals surface area contributed by atoms with Crippen LogP contribution in [0, 0.1) is 17.8 Å². The molecule has 0 spiro atoms. The van der Waals surface area contributed by atoms with Crippen molar-refractivity contribution >= 4 is 56.6 Å². The SMILES string of the molecule is COc1cc([C@H]2C3=CC[C@@H]4C(=O)N(c5cc(C(F)(F)F)cc(C(F)(F)F)c5)C(=O)[C@@H]4[C@@H]3CC3=C2C(=O)C=C(Br)C3=O)cc(Cl)c1O. The average molecular weight is 731 g/mol. The summed E-state index contributed by atoms with van der Waals surface area (Å²) in [6, 6.07) is 3.28. The summed E-state index contributed by atoms with van der Waals surface area (Å²) in [6.45, 7) is 0. The number of benzene rings is 2. The number of amides is 2. The number of Topliss-reactive ketones (excluding diaryl/α,β-unsaturated/α-hetero) is 1. The van der Waals surface area contributed by atoms with E-state index < -0.39 is 82.0 Å². The lowest BCUT2D eigenvalue weighted by Crippen LogP contribution is -2.39. The first-order valence-electron chi connectivity index (χ1n) is 13.6. The highest BCUT2D eigenvalue weighted by molar-refractivity contribution is 9.12. The second-order valence-electron chi connectivity index (χ2n) is 11.2. The van der Waals surface area contributed by atoms with Crippen LogP contribution in [0.5, 0.6) is 11.5 Å². The molecule has 2 aromatic rings. The second kappa shape index (κ2) is 10.8. The number of hydrogen-bond donors (Lipinski definition) is 1. The van der Waals surface area contributed by atoms with Crippen molar-refractivity contribution in [3.8, 4) is 11.5 Å². The first-order valence-corrected chi connectivity index (χ1v) is 14.7. The van der Waals surface area contributed by atoms with Crippen LogP contribution in [0.2, 0.25) is 5.02 Å². The molecule has 6 rings (SSSR count). The fourth-order valence-electron chi connectivity index (χ4n) is 6.82. The Kier molecular flexibility index (Phi) is 7.54.